The van der Waals surface area contributed by atoms with Crippen LogP contribution < -0.4 is 10.2 Å². The largest absolute Gasteiger partial charge is 0.371 e. The van der Waals surface area contributed by atoms with Gasteiger partial charge in [-0.15, -0.1) is 0 Å². The third-order valence-corrected chi connectivity index (χ3v) is 4.45. The van der Waals surface area contributed by atoms with Crippen LogP contribution >= 0.6 is 0 Å². The number of hydrogen-bond donors (Lipinski definition) is 1. The first-order valence-corrected chi connectivity index (χ1v) is 7.97. The first kappa shape index (κ1) is 15.9. The quantitative estimate of drug-likeness (QED) is 0.914. The molecule has 0 aliphatic carbocycles. The summed E-state index contributed by atoms with van der Waals surface area (Å²) in [6, 6.07) is 8.37. The number of nitrogens with zero attached hydrogens (tertiary/aromatic N) is 2. The van der Waals surface area contributed by atoms with Crippen molar-refractivity contribution in [3.8, 4) is 0 Å². The minimum Gasteiger partial charge on any atom is -0.371 e. The summed E-state index contributed by atoms with van der Waals surface area (Å²) < 4.78 is 26.4. The highest BCUT2D eigenvalue weighted by molar-refractivity contribution is 5.47. The standard InChI is InChI=1S/C18H21F2N3/c1-13(15-3-2-7-21-11-15)22-10-14-6-8-23(12-14)16-4-5-17(19)18(20)9-16/h2-5,7,9,11,13-14,22H,6,8,10,12H2,1H3/t13-,14+/m1/s1. The van der Waals surface area contributed by atoms with Crippen molar-refractivity contribution in [3.63, 3.8) is 0 Å². The summed E-state index contributed by atoms with van der Waals surface area (Å²) in [4.78, 5) is 6.25. The number of aromatic nitrogens is 1. The number of hydrogen-bond acceptors (Lipinski definition) is 3. The Morgan fingerprint density at radius 2 is 2.17 bits per heavy atom. The number of rotatable bonds is 5. The molecule has 1 aliphatic heterocycles. The lowest BCUT2D eigenvalue weighted by Gasteiger charge is -2.20. The lowest BCUT2D eigenvalue weighted by Crippen LogP contribution is -2.28. The van der Waals surface area contributed by atoms with Crippen LogP contribution in [-0.2, 0) is 0 Å². The summed E-state index contributed by atoms with van der Waals surface area (Å²) in [6.45, 7) is 4.76. The molecule has 1 aromatic carbocycles. The second-order valence-electron chi connectivity index (χ2n) is 6.12. The zero-order valence-electron chi connectivity index (χ0n) is 13.2. The average Bonchev–Trinajstić information content (AvgIpc) is 3.05. The molecule has 1 fully saturated rings. The van der Waals surface area contributed by atoms with E-state index in [1.807, 2.05) is 12.3 Å². The molecule has 5 heteroatoms. The van der Waals surface area contributed by atoms with Gasteiger partial charge in [0.2, 0.25) is 0 Å². The van der Waals surface area contributed by atoms with Gasteiger partial charge in [-0.2, -0.15) is 0 Å². The van der Waals surface area contributed by atoms with Crippen molar-refractivity contribution < 1.29 is 8.78 Å². The molecule has 0 amide bonds. The van der Waals surface area contributed by atoms with E-state index in [-0.39, 0.29) is 6.04 Å². The van der Waals surface area contributed by atoms with Gasteiger partial charge < -0.3 is 10.2 Å². The summed E-state index contributed by atoms with van der Waals surface area (Å²) in [6.07, 6.45) is 4.69. The molecule has 3 nitrogen and oxygen atoms in total. The normalized spacial score (nSPS) is 19.1. The lowest BCUT2D eigenvalue weighted by molar-refractivity contribution is 0.472. The maximum Gasteiger partial charge on any atom is 0.160 e. The van der Waals surface area contributed by atoms with Gasteiger partial charge in [0.1, 0.15) is 0 Å². The Morgan fingerprint density at radius 1 is 1.30 bits per heavy atom. The fourth-order valence-electron chi connectivity index (χ4n) is 3.01. The minimum absolute atomic E-state index is 0.251. The highest BCUT2D eigenvalue weighted by atomic mass is 19.2. The van der Waals surface area contributed by atoms with E-state index in [1.165, 1.54) is 17.7 Å². The molecule has 0 spiro atoms. The van der Waals surface area contributed by atoms with E-state index < -0.39 is 11.6 Å². The van der Waals surface area contributed by atoms with Gasteiger partial charge in [0.25, 0.3) is 0 Å². The maximum absolute atomic E-state index is 13.4. The summed E-state index contributed by atoms with van der Waals surface area (Å²) in [5, 5.41) is 3.53. The molecule has 0 bridgehead atoms. The zero-order valence-corrected chi connectivity index (χ0v) is 13.2. The van der Waals surface area contributed by atoms with Crippen molar-refractivity contribution in [1.29, 1.82) is 0 Å². The van der Waals surface area contributed by atoms with Crippen molar-refractivity contribution in [1.82, 2.24) is 10.3 Å². The van der Waals surface area contributed by atoms with Gasteiger partial charge in [0, 0.05) is 49.8 Å². The first-order valence-electron chi connectivity index (χ1n) is 7.97. The fourth-order valence-corrected chi connectivity index (χ4v) is 3.01. The molecule has 2 aromatic rings. The highest BCUT2D eigenvalue weighted by Gasteiger charge is 2.23. The molecule has 2 atom stereocenters. The van der Waals surface area contributed by atoms with Gasteiger partial charge in [-0.25, -0.2) is 8.78 Å². The molecule has 1 aromatic heterocycles. The minimum atomic E-state index is -0.795. The van der Waals surface area contributed by atoms with E-state index in [0.717, 1.165) is 31.7 Å². The fraction of sp³-hybridized carbons (Fsp3) is 0.389. The number of anilines is 1. The predicted octanol–water partition coefficient (Wildman–Crippen LogP) is 3.54. The third-order valence-electron chi connectivity index (χ3n) is 4.45. The Labute approximate surface area is 135 Å². The molecule has 2 heterocycles. The zero-order chi connectivity index (χ0) is 16.2. The number of halogens is 2. The monoisotopic (exact) mass is 317 g/mol. The SMILES string of the molecule is C[C@@H](NC[C@@H]1CCN(c2ccc(F)c(F)c2)C1)c1cccnc1. The van der Waals surface area contributed by atoms with Crippen molar-refractivity contribution in [2.75, 3.05) is 24.5 Å². The molecule has 122 valence electrons. The Balaban J connectivity index is 1.53. The van der Waals surface area contributed by atoms with E-state index in [9.17, 15) is 8.78 Å². The molecule has 0 unspecified atom stereocenters. The maximum atomic E-state index is 13.4. The van der Waals surface area contributed by atoms with Crippen LogP contribution in [0.1, 0.15) is 24.9 Å². The third kappa shape index (κ3) is 3.85. The summed E-state index contributed by atoms with van der Waals surface area (Å²) >= 11 is 0. The molecule has 1 aliphatic rings. The van der Waals surface area contributed by atoms with Gasteiger partial charge in [-0.3, -0.25) is 4.98 Å². The molecular formula is C18H21F2N3. The molecular weight excluding hydrogens is 296 g/mol. The number of benzene rings is 1. The molecule has 0 saturated carbocycles. The van der Waals surface area contributed by atoms with E-state index in [4.69, 9.17) is 0 Å². The summed E-state index contributed by atoms with van der Waals surface area (Å²) in [7, 11) is 0. The van der Waals surface area contributed by atoms with Crippen LogP contribution in [0.15, 0.2) is 42.7 Å². The van der Waals surface area contributed by atoms with Crippen LogP contribution in [0.3, 0.4) is 0 Å². The van der Waals surface area contributed by atoms with Gasteiger partial charge in [0.15, 0.2) is 11.6 Å². The van der Waals surface area contributed by atoms with Crippen LogP contribution in [0.2, 0.25) is 0 Å². The van der Waals surface area contributed by atoms with E-state index in [0.29, 0.717) is 5.92 Å². The Bertz CT molecular complexity index is 648. The Kier molecular flexibility index (Phi) is 4.86. The smallest absolute Gasteiger partial charge is 0.160 e. The first-order chi connectivity index (χ1) is 11.1. The van der Waals surface area contributed by atoms with E-state index in [2.05, 4.69) is 28.2 Å². The van der Waals surface area contributed by atoms with Gasteiger partial charge >= 0.3 is 0 Å². The number of nitrogens with one attached hydrogen (secondary N) is 1. The topological polar surface area (TPSA) is 28.2 Å². The van der Waals surface area contributed by atoms with Gasteiger partial charge in [-0.05, 0) is 43.0 Å². The van der Waals surface area contributed by atoms with Crippen LogP contribution in [-0.4, -0.2) is 24.6 Å². The Morgan fingerprint density at radius 3 is 2.91 bits per heavy atom. The molecule has 23 heavy (non-hydrogen) atoms. The molecule has 1 saturated heterocycles. The lowest BCUT2D eigenvalue weighted by atomic mass is 10.1. The van der Waals surface area contributed by atoms with Crippen molar-refractivity contribution in [3.05, 3.63) is 59.9 Å². The van der Waals surface area contributed by atoms with E-state index >= 15 is 0 Å². The Hall–Kier alpha value is -2.01. The van der Waals surface area contributed by atoms with Crippen LogP contribution in [0.4, 0.5) is 14.5 Å². The van der Waals surface area contributed by atoms with E-state index in [1.54, 1.807) is 12.3 Å². The molecule has 3 rings (SSSR count). The second kappa shape index (κ2) is 7.04. The molecule has 1 N–H and O–H groups in total. The number of pyridine rings is 1. The van der Waals surface area contributed by atoms with Crippen LogP contribution in [0.25, 0.3) is 0 Å². The van der Waals surface area contributed by atoms with Crippen molar-refractivity contribution in [2.24, 2.45) is 5.92 Å². The van der Waals surface area contributed by atoms with Crippen LogP contribution in [0.5, 0.6) is 0 Å². The highest BCUT2D eigenvalue weighted by Crippen LogP contribution is 2.25. The summed E-state index contributed by atoms with van der Waals surface area (Å²) in [5.41, 5.74) is 1.93. The van der Waals surface area contributed by atoms with Gasteiger partial charge in [-0.1, -0.05) is 6.07 Å². The average molecular weight is 317 g/mol. The molecule has 0 radical (unpaired) electrons. The van der Waals surface area contributed by atoms with Crippen LogP contribution in [0, 0.1) is 17.6 Å². The van der Waals surface area contributed by atoms with Gasteiger partial charge in [0.05, 0.1) is 0 Å². The van der Waals surface area contributed by atoms with Crippen molar-refractivity contribution >= 4 is 5.69 Å². The predicted molar refractivity (Wildman–Crippen MR) is 87.3 cm³/mol. The summed E-state index contributed by atoms with van der Waals surface area (Å²) in [5.74, 6) is -1.08. The van der Waals surface area contributed by atoms with Crippen molar-refractivity contribution in [2.45, 2.75) is 19.4 Å². The second-order valence-corrected chi connectivity index (χ2v) is 6.12.